The average molecular weight is 325 g/mol. The zero-order valence-electron chi connectivity index (χ0n) is 12.0. The Balaban J connectivity index is 2.50. The highest BCUT2D eigenvalue weighted by atomic mass is 79.9. The van der Waals surface area contributed by atoms with Crippen molar-refractivity contribution in [1.82, 2.24) is 5.32 Å². The quantitative estimate of drug-likeness (QED) is 0.860. The zero-order chi connectivity index (χ0) is 14.2. The van der Waals surface area contributed by atoms with Crippen LogP contribution < -0.4 is 10.2 Å². The fourth-order valence-corrected chi connectivity index (χ4v) is 3.08. The molecule has 0 radical (unpaired) electrons. The van der Waals surface area contributed by atoms with Gasteiger partial charge in [-0.3, -0.25) is 4.79 Å². The van der Waals surface area contributed by atoms with Crippen LogP contribution in [0, 0.1) is 6.92 Å². The lowest BCUT2D eigenvalue weighted by molar-refractivity contribution is -0.120. The molecule has 0 aliphatic carbocycles. The predicted octanol–water partition coefficient (Wildman–Crippen LogP) is 3.25. The summed E-state index contributed by atoms with van der Waals surface area (Å²) in [4.78, 5) is 14.6. The Morgan fingerprint density at radius 2 is 2.11 bits per heavy atom. The van der Waals surface area contributed by atoms with Crippen LogP contribution in [0.25, 0.3) is 0 Å². The summed E-state index contributed by atoms with van der Waals surface area (Å²) in [6, 6.07) is 5.94. The van der Waals surface area contributed by atoms with Gasteiger partial charge in [-0.1, -0.05) is 15.9 Å². The number of nitrogens with one attached hydrogen (secondary N) is 1. The Kier molecular flexibility index (Phi) is 4.02. The van der Waals surface area contributed by atoms with E-state index in [1.165, 1.54) is 0 Å². The summed E-state index contributed by atoms with van der Waals surface area (Å²) in [6.45, 7) is 9.11. The van der Waals surface area contributed by atoms with Gasteiger partial charge in [0.15, 0.2) is 0 Å². The standard InChI is InChI=1S/C15H21BrN2O/c1-10-9-12(16)5-6-13(10)18-14(19)11(2)17-8-7-15(18,3)4/h5-6,9,11,17H,7-8H2,1-4H3. The summed E-state index contributed by atoms with van der Waals surface area (Å²) in [6.07, 6.45) is 0.943. The van der Waals surface area contributed by atoms with Gasteiger partial charge in [0.1, 0.15) is 0 Å². The number of carbonyl (C=O) groups excluding carboxylic acids is 1. The van der Waals surface area contributed by atoms with E-state index in [4.69, 9.17) is 0 Å². The maximum Gasteiger partial charge on any atom is 0.244 e. The molecule has 2 rings (SSSR count). The smallest absolute Gasteiger partial charge is 0.244 e. The van der Waals surface area contributed by atoms with Crippen molar-refractivity contribution >= 4 is 27.5 Å². The highest BCUT2D eigenvalue weighted by molar-refractivity contribution is 9.10. The summed E-state index contributed by atoms with van der Waals surface area (Å²) in [5.74, 6) is 0.146. The number of halogens is 1. The van der Waals surface area contributed by atoms with Crippen molar-refractivity contribution in [2.45, 2.75) is 45.7 Å². The second kappa shape index (κ2) is 5.25. The fraction of sp³-hybridized carbons (Fsp3) is 0.533. The van der Waals surface area contributed by atoms with Gasteiger partial charge in [-0.25, -0.2) is 0 Å². The second-order valence-corrected chi connectivity index (χ2v) is 6.76. The molecule has 1 atom stereocenters. The molecule has 1 saturated heterocycles. The molecule has 0 saturated carbocycles. The van der Waals surface area contributed by atoms with Crippen molar-refractivity contribution < 1.29 is 4.79 Å². The van der Waals surface area contributed by atoms with Gasteiger partial charge in [0.05, 0.1) is 6.04 Å². The van der Waals surface area contributed by atoms with Crippen LogP contribution in [0.2, 0.25) is 0 Å². The van der Waals surface area contributed by atoms with Gasteiger partial charge < -0.3 is 10.2 Å². The van der Waals surface area contributed by atoms with E-state index in [-0.39, 0.29) is 17.5 Å². The number of nitrogens with zero attached hydrogens (tertiary/aromatic N) is 1. The summed E-state index contributed by atoms with van der Waals surface area (Å²) in [5.41, 5.74) is 1.95. The molecule has 1 aromatic carbocycles. The van der Waals surface area contributed by atoms with E-state index in [1.807, 2.05) is 30.9 Å². The minimum Gasteiger partial charge on any atom is -0.306 e. The number of aryl methyl sites for hydroxylation is 1. The molecular weight excluding hydrogens is 304 g/mol. The maximum absolute atomic E-state index is 12.7. The number of carbonyl (C=O) groups is 1. The third-order valence-corrected chi connectivity index (χ3v) is 4.28. The molecule has 0 spiro atoms. The first-order valence-electron chi connectivity index (χ1n) is 6.66. The third-order valence-electron chi connectivity index (χ3n) is 3.78. The van der Waals surface area contributed by atoms with Gasteiger partial charge in [-0.2, -0.15) is 0 Å². The molecule has 1 aliphatic rings. The SMILES string of the molecule is Cc1cc(Br)ccc1N1C(=O)C(C)NCCC1(C)C. The first-order chi connectivity index (χ1) is 8.83. The van der Waals surface area contributed by atoms with Crippen LogP contribution in [-0.4, -0.2) is 24.0 Å². The fourth-order valence-electron chi connectivity index (χ4n) is 2.60. The molecule has 3 nitrogen and oxygen atoms in total. The summed E-state index contributed by atoms with van der Waals surface area (Å²) in [7, 11) is 0. The Bertz CT molecular complexity index is 499. The van der Waals surface area contributed by atoms with Crippen molar-refractivity contribution in [2.24, 2.45) is 0 Å². The van der Waals surface area contributed by atoms with Crippen LogP contribution in [0.4, 0.5) is 5.69 Å². The molecule has 1 amide bonds. The van der Waals surface area contributed by atoms with E-state index >= 15 is 0 Å². The summed E-state index contributed by atoms with van der Waals surface area (Å²) < 4.78 is 1.04. The third kappa shape index (κ3) is 2.84. The van der Waals surface area contributed by atoms with Crippen LogP contribution in [0.15, 0.2) is 22.7 Å². The van der Waals surface area contributed by atoms with Gasteiger partial charge >= 0.3 is 0 Å². The molecular formula is C15H21BrN2O. The average Bonchev–Trinajstić information content (AvgIpc) is 2.39. The lowest BCUT2D eigenvalue weighted by Crippen LogP contribution is -2.51. The van der Waals surface area contributed by atoms with E-state index < -0.39 is 0 Å². The highest BCUT2D eigenvalue weighted by Gasteiger charge is 2.37. The van der Waals surface area contributed by atoms with Gasteiger partial charge in [-0.15, -0.1) is 0 Å². The normalized spacial score (nSPS) is 23.3. The van der Waals surface area contributed by atoms with Crippen molar-refractivity contribution in [2.75, 3.05) is 11.4 Å². The van der Waals surface area contributed by atoms with Crippen LogP contribution in [0.5, 0.6) is 0 Å². The molecule has 4 heteroatoms. The highest BCUT2D eigenvalue weighted by Crippen LogP contribution is 2.32. The number of amides is 1. The van der Waals surface area contributed by atoms with Crippen LogP contribution in [-0.2, 0) is 4.79 Å². The van der Waals surface area contributed by atoms with Crippen molar-refractivity contribution in [3.63, 3.8) is 0 Å². The van der Waals surface area contributed by atoms with E-state index in [2.05, 4.69) is 41.2 Å². The number of hydrogen-bond acceptors (Lipinski definition) is 2. The lowest BCUT2D eigenvalue weighted by atomic mass is 9.96. The van der Waals surface area contributed by atoms with E-state index in [0.29, 0.717) is 0 Å². The second-order valence-electron chi connectivity index (χ2n) is 5.84. The maximum atomic E-state index is 12.7. The largest absolute Gasteiger partial charge is 0.306 e. The molecule has 1 fully saturated rings. The first kappa shape index (κ1) is 14.5. The summed E-state index contributed by atoms with van der Waals surface area (Å²) in [5, 5.41) is 3.28. The van der Waals surface area contributed by atoms with Gasteiger partial charge in [0, 0.05) is 15.7 Å². The molecule has 19 heavy (non-hydrogen) atoms. The minimum atomic E-state index is -0.173. The molecule has 1 unspecified atom stereocenters. The Morgan fingerprint density at radius 1 is 1.42 bits per heavy atom. The lowest BCUT2D eigenvalue weighted by Gasteiger charge is -2.38. The monoisotopic (exact) mass is 324 g/mol. The van der Waals surface area contributed by atoms with E-state index in [1.54, 1.807) is 0 Å². The molecule has 0 bridgehead atoms. The molecule has 1 aromatic rings. The number of hydrogen-bond donors (Lipinski definition) is 1. The van der Waals surface area contributed by atoms with Crippen LogP contribution >= 0.6 is 15.9 Å². The van der Waals surface area contributed by atoms with Crippen molar-refractivity contribution in [3.05, 3.63) is 28.2 Å². The molecule has 1 heterocycles. The number of anilines is 1. The zero-order valence-corrected chi connectivity index (χ0v) is 13.5. The minimum absolute atomic E-state index is 0.134. The van der Waals surface area contributed by atoms with Crippen molar-refractivity contribution in [1.29, 1.82) is 0 Å². The van der Waals surface area contributed by atoms with Crippen LogP contribution in [0.1, 0.15) is 32.8 Å². The number of rotatable bonds is 1. The molecule has 0 aromatic heterocycles. The van der Waals surface area contributed by atoms with Gasteiger partial charge in [0.25, 0.3) is 0 Å². The van der Waals surface area contributed by atoms with E-state index in [9.17, 15) is 4.79 Å². The Morgan fingerprint density at radius 3 is 2.74 bits per heavy atom. The summed E-state index contributed by atoms with van der Waals surface area (Å²) >= 11 is 3.48. The van der Waals surface area contributed by atoms with Gasteiger partial charge in [0.2, 0.25) is 5.91 Å². The topological polar surface area (TPSA) is 32.3 Å². The van der Waals surface area contributed by atoms with Crippen molar-refractivity contribution in [3.8, 4) is 0 Å². The molecule has 1 aliphatic heterocycles. The molecule has 104 valence electrons. The first-order valence-corrected chi connectivity index (χ1v) is 7.46. The number of benzene rings is 1. The van der Waals surface area contributed by atoms with E-state index in [0.717, 1.165) is 28.7 Å². The Labute approximate surface area is 123 Å². The van der Waals surface area contributed by atoms with Gasteiger partial charge in [-0.05, 0) is 64.4 Å². The molecule has 1 N–H and O–H groups in total. The Hall–Kier alpha value is -0.870. The predicted molar refractivity (Wildman–Crippen MR) is 82.5 cm³/mol. The van der Waals surface area contributed by atoms with Crippen LogP contribution in [0.3, 0.4) is 0 Å².